The first-order valence-electron chi connectivity index (χ1n) is 12.1. The van der Waals surface area contributed by atoms with Gasteiger partial charge >= 0.3 is 0 Å². The van der Waals surface area contributed by atoms with Gasteiger partial charge in [-0.15, -0.1) is 0 Å². The summed E-state index contributed by atoms with van der Waals surface area (Å²) in [5.41, 5.74) is 4.11. The van der Waals surface area contributed by atoms with E-state index >= 15 is 0 Å². The van der Waals surface area contributed by atoms with Gasteiger partial charge in [0, 0.05) is 59.0 Å². The van der Waals surface area contributed by atoms with E-state index in [0.717, 1.165) is 59.2 Å². The maximum atomic E-state index is 6.09. The van der Waals surface area contributed by atoms with Crippen molar-refractivity contribution in [2.24, 2.45) is 0 Å². The Morgan fingerprint density at radius 1 is 0.472 bits per heavy atom. The molecule has 3 rings (SSSR count). The molecule has 3 aromatic carbocycles. The second-order valence-electron chi connectivity index (χ2n) is 8.01. The molecule has 0 aliphatic rings. The Balaban J connectivity index is 1.82. The minimum atomic E-state index is 0.708. The van der Waals surface area contributed by atoms with Gasteiger partial charge < -0.3 is 19.6 Å². The number of benzene rings is 3. The zero-order chi connectivity index (χ0) is 26.2. The molecule has 0 spiro atoms. The summed E-state index contributed by atoms with van der Waals surface area (Å²) in [5, 5.41) is 2.91. The number of nitrogens with zero attached hydrogens (tertiary/aromatic N) is 4. The molecule has 190 valence electrons. The first-order chi connectivity index (χ1) is 17.3. The van der Waals surface area contributed by atoms with Gasteiger partial charge in [-0.2, -0.15) is 0 Å². The van der Waals surface area contributed by atoms with Gasteiger partial charge in [0.25, 0.3) is 0 Å². The third kappa shape index (κ3) is 6.48. The molecule has 0 aromatic heterocycles. The molecule has 0 amide bonds. The average Bonchev–Trinajstić information content (AvgIpc) is 2.89. The highest BCUT2D eigenvalue weighted by molar-refractivity contribution is 7.81. The lowest BCUT2D eigenvalue weighted by molar-refractivity contribution is 0.983. The zero-order valence-corrected chi connectivity index (χ0v) is 24.3. The van der Waals surface area contributed by atoms with Crippen molar-refractivity contribution >= 4 is 80.6 Å². The number of rotatable bonds is 8. The minimum Gasteiger partial charge on any atom is -0.319 e. The van der Waals surface area contributed by atoms with Gasteiger partial charge in [-0.25, -0.2) is 0 Å². The van der Waals surface area contributed by atoms with Gasteiger partial charge in [-0.05, 0) is 125 Å². The molecule has 0 saturated carbocycles. The highest BCUT2D eigenvalue weighted by Gasteiger charge is 2.20. The number of anilines is 4. The second-order valence-corrected chi connectivity index (χ2v) is 9.61. The predicted molar refractivity (Wildman–Crippen MR) is 167 cm³/mol. The molecule has 0 heterocycles. The Labute approximate surface area is 236 Å². The van der Waals surface area contributed by atoms with Gasteiger partial charge in [0.05, 0.1) is 0 Å². The van der Waals surface area contributed by atoms with Gasteiger partial charge in [0.1, 0.15) is 0 Å². The van der Waals surface area contributed by atoms with E-state index < -0.39 is 0 Å². The molecule has 3 aromatic rings. The molecule has 0 unspecified atom stereocenters. The summed E-state index contributed by atoms with van der Waals surface area (Å²) < 4.78 is 0. The van der Waals surface area contributed by atoms with E-state index in [0.29, 0.717) is 10.0 Å². The van der Waals surface area contributed by atoms with Crippen LogP contribution in [0.4, 0.5) is 22.7 Å². The lowest BCUT2D eigenvalue weighted by Gasteiger charge is -2.34. The molecule has 36 heavy (non-hydrogen) atoms. The van der Waals surface area contributed by atoms with E-state index in [1.54, 1.807) is 0 Å². The summed E-state index contributed by atoms with van der Waals surface area (Å²) in [6.07, 6.45) is 0. The van der Waals surface area contributed by atoms with Crippen molar-refractivity contribution in [3.8, 4) is 0 Å². The van der Waals surface area contributed by atoms with Gasteiger partial charge in [0.15, 0.2) is 10.2 Å². The van der Waals surface area contributed by atoms with E-state index in [1.807, 2.05) is 48.5 Å². The fraction of sp³-hybridized carbons (Fsp3) is 0.286. The van der Waals surface area contributed by atoms with E-state index in [-0.39, 0.29) is 0 Å². The summed E-state index contributed by atoms with van der Waals surface area (Å²) in [4.78, 5) is 8.50. The summed E-state index contributed by atoms with van der Waals surface area (Å²) >= 11 is 24.0. The van der Waals surface area contributed by atoms with Crippen molar-refractivity contribution in [1.82, 2.24) is 0 Å². The molecule has 0 saturated heterocycles. The van der Waals surface area contributed by atoms with Crippen LogP contribution in [0.2, 0.25) is 10.0 Å². The Hall–Kier alpha value is -2.38. The third-order valence-electron chi connectivity index (χ3n) is 5.94. The molecule has 0 N–H and O–H groups in total. The quantitative estimate of drug-likeness (QED) is 0.256. The van der Waals surface area contributed by atoms with Crippen LogP contribution in [0, 0.1) is 0 Å². The van der Waals surface area contributed by atoms with Gasteiger partial charge in [-0.3, -0.25) is 0 Å². The van der Waals surface area contributed by atoms with Crippen LogP contribution in [0.5, 0.6) is 0 Å². The third-order valence-corrected chi connectivity index (χ3v) is 7.32. The van der Waals surface area contributed by atoms with Crippen LogP contribution in [-0.2, 0) is 0 Å². The Bertz CT molecular complexity index is 1060. The number of halogens is 2. The molecule has 0 aliphatic carbocycles. The van der Waals surface area contributed by atoms with Crippen LogP contribution >= 0.6 is 47.6 Å². The first-order valence-corrected chi connectivity index (χ1v) is 13.7. The fourth-order valence-corrected chi connectivity index (χ4v) is 5.25. The summed E-state index contributed by atoms with van der Waals surface area (Å²) in [5.74, 6) is 0. The number of hydrogen-bond acceptors (Lipinski definition) is 2. The van der Waals surface area contributed by atoms with Gasteiger partial charge in [-0.1, -0.05) is 23.2 Å². The predicted octanol–water partition coefficient (Wildman–Crippen LogP) is 8.27. The van der Waals surface area contributed by atoms with Crippen molar-refractivity contribution in [2.45, 2.75) is 27.7 Å². The van der Waals surface area contributed by atoms with Crippen LogP contribution < -0.4 is 19.6 Å². The molecule has 0 fully saturated rings. The maximum absolute atomic E-state index is 6.09. The van der Waals surface area contributed by atoms with Gasteiger partial charge in [0.2, 0.25) is 0 Å². The molecule has 0 atom stereocenters. The van der Waals surface area contributed by atoms with Crippen LogP contribution in [0.3, 0.4) is 0 Å². The minimum absolute atomic E-state index is 0.708. The zero-order valence-electron chi connectivity index (χ0n) is 21.1. The average molecular weight is 560 g/mol. The maximum Gasteiger partial charge on any atom is 0.180 e. The number of hydrogen-bond donors (Lipinski definition) is 0. The Kier molecular flexibility index (Phi) is 10.4. The molecular weight excluding hydrogens is 527 g/mol. The van der Waals surface area contributed by atoms with Crippen LogP contribution in [0.25, 0.3) is 0 Å². The molecule has 0 bridgehead atoms. The Morgan fingerprint density at radius 3 is 0.861 bits per heavy atom. The second kappa shape index (κ2) is 13.2. The van der Waals surface area contributed by atoms with E-state index in [9.17, 15) is 0 Å². The van der Waals surface area contributed by atoms with Crippen molar-refractivity contribution in [2.75, 3.05) is 45.8 Å². The summed E-state index contributed by atoms with van der Waals surface area (Å²) in [6.45, 7) is 11.4. The topological polar surface area (TPSA) is 13.0 Å². The molecule has 8 heteroatoms. The molecule has 0 radical (unpaired) electrons. The van der Waals surface area contributed by atoms with Crippen molar-refractivity contribution < 1.29 is 0 Å². The smallest absolute Gasteiger partial charge is 0.180 e. The van der Waals surface area contributed by atoms with E-state index in [1.165, 1.54) is 0 Å². The highest BCUT2D eigenvalue weighted by Crippen LogP contribution is 2.27. The number of thiocarbonyl (C=S) groups is 2. The van der Waals surface area contributed by atoms with Crippen LogP contribution in [0.15, 0.2) is 72.8 Å². The molecule has 0 aliphatic heterocycles. The van der Waals surface area contributed by atoms with Crippen molar-refractivity contribution in [1.29, 1.82) is 0 Å². The highest BCUT2D eigenvalue weighted by atomic mass is 35.5. The van der Waals surface area contributed by atoms with E-state index in [2.05, 4.69) is 71.6 Å². The lowest BCUT2D eigenvalue weighted by atomic mass is 10.2. The standard InChI is InChI=1S/C28H32Cl2N4S2/c1-5-31(23-13-9-21(29)10-14-23)27(35)33(7-3)25-17-19-26(20-18-25)34(8-4)28(36)32(6-2)24-15-11-22(30)12-16-24/h9-20H,5-8H2,1-4H3. The monoisotopic (exact) mass is 558 g/mol. The van der Waals surface area contributed by atoms with Crippen molar-refractivity contribution in [3.05, 3.63) is 82.8 Å². The SMILES string of the molecule is CCN(C(=S)N(CC)c1ccc(N(CC)C(=S)N(CC)c2ccc(Cl)cc2)cc1)c1ccc(Cl)cc1. The van der Waals surface area contributed by atoms with E-state index in [4.69, 9.17) is 47.6 Å². The first kappa shape index (κ1) is 28.2. The summed E-state index contributed by atoms with van der Waals surface area (Å²) in [7, 11) is 0. The van der Waals surface area contributed by atoms with Crippen molar-refractivity contribution in [3.63, 3.8) is 0 Å². The van der Waals surface area contributed by atoms with Crippen LogP contribution in [-0.4, -0.2) is 36.4 Å². The fourth-order valence-electron chi connectivity index (χ4n) is 4.06. The Morgan fingerprint density at radius 2 is 0.667 bits per heavy atom. The molecule has 4 nitrogen and oxygen atoms in total. The molecular formula is C28H32Cl2N4S2. The lowest BCUT2D eigenvalue weighted by Crippen LogP contribution is -2.44. The largest absolute Gasteiger partial charge is 0.319 e. The summed E-state index contributed by atoms with van der Waals surface area (Å²) in [6, 6.07) is 23.9. The normalized spacial score (nSPS) is 10.6. The van der Waals surface area contributed by atoms with Crippen LogP contribution in [0.1, 0.15) is 27.7 Å².